The minimum absolute atomic E-state index is 0.121. The Kier molecular flexibility index (Phi) is 7.13. The van der Waals surface area contributed by atoms with Crippen LogP contribution in [0.4, 0.5) is 4.39 Å². The third kappa shape index (κ3) is 5.69. The molecule has 2 aliphatic rings. The molecule has 0 radical (unpaired) electrons. The van der Waals surface area contributed by atoms with Crippen LogP contribution in [-0.4, -0.2) is 0 Å². The third-order valence-electron chi connectivity index (χ3n) is 6.63. The van der Waals surface area contributed by atoms with Crippen molar-refractivity contribution in [1.29, 1.82) is 0 Å². The Hall–Kier alpha value is -1.11. The number of halogens is 1. The molecule has 25 heavy (non-hydrogen) atoms. The summed E-state index contributed by atoms with van der Waals surface area (Å²) < 4.78 is 13.1. The van der Waals surface area contributed by atoms with Gasteiger partial charge in [-0.1, -0.05) is 50.5 Å². The normalized spacial score (nSPS) is 30.6. The predicted molar refractivity (Wildman–Crippen MR) is 105 cm³/mol. The van der Waals surface area contributed by atoms with Crippen molar-refractivity contribution in [3.63, 3.8) is 0 Å². The molecule has 0 aromatic heterocycles. The first kappa shape index (κ1) is 18.7. The molecule has 0 amide bonds. The highest BCUT2D eigenvalue weighted by Crippen LogP contribution is 2.37. The molecule has 0 nitrogen and oxygen atoms in total. The minimum Gasteiger partial charge on any atom is -0.207 e. The zero-order valence-electron chi connectivity index (χ0n) is 15.9. The van der Waals surface area contributed by atoms with Gasteiger partial charge in [0.15, 0.2) is 0 Å². The first-order valence-corrected chi connectivity index (χ1v) is 10.7. The van der Waals surface area contributed by atoms with Crippen LogP contribution in [-0.2, 0) is 0 Å². The van der Waals surface area contributed by atoms with E-state index in [9.17, 15) is 4.39 Å². The fourth-order valence-electron chi connectivity index (χ4n) is 4.86. The summed E-state index contributed by atoms with van der Waals surface area (Å²) in [5, 5.41) is 0. The van der Waals surface area contributed by atoms with Gasteiger partial charge in [0, 0.05) is 0 Å². The first-order chi connectivity index (χ1) is 12.2. The van der Waals surface area contributed by atoms with E-state index < -0.39 is 0 Å². The van der Waals surface area contributed by atoms with Crippen LogP contribution < -0.4 is 0 Å². The molecule has 0 spiro atoms. The van der Waals surface area contributed by atoms with Crippen LogP contribution in [0.2, 0.25) is 0 Å². The smallest absolute Gasteiger partial charge is 0.123 e. The van der Waals surface area contributed by atoms with E-state index in [2.05, 4.69) is 19.1 Å². The molecule has 0 heterocycles. The van der Waals surface area contributed by atoms with Crippen LogP contribution in [0.5, 0.6) is 0 Å². The van der Waals surface area contributed by atoms with Gasteiger partial charge in [0.25, 0.3) is 0 Å². The molecule has 0 atom stereocenters. The van der Waals surface area contributed by atoms with Crippen molar-refractivity contribution in [2.24, 2.45) is 17.8 Å². The molecule has 2 saturated carbocycles. The lowest BCUT2D eigenvalue weighted by Crippen LogP contribution is -2.14. The second-order valence-corrected chi connectivity index (χ2v) is 8.47. The molecule has 138 valence electrons. The van der Waals surface area contributed by atoms with Gasteiger partial charge in [-0.25, -0.2) is 4.39 Å². The summed E-state index contributed by atoms with van der Waals surface area (Å²) in [6.07, 6.45) is 20.1. The van der Waals surface area contributed by atoms with Crippen LogP contribution in [0.1, 0.15) is 89.0 Å². The molecule has 0 unspecified atom stereocenters. The lowest BCUT2D eigenvalue weighted by Gasteiger charge is -2.29. The van der Waals surface area contributed by atoms with E-state index >= 15 is 0 Å². The van der Waals surface area contributed by atoms with Gasteiger partial charge in [-0.15, -0.1) is 0 Å². The molecule has 0 bridgehead atoms. The Morgan fingerprint density at radius 2 is 1.40 bits per heavy atom. The average molecular weight is 343 g/mol. The summed E-state index contributed by atoms with van der Waals surface area (Å²) >= 11 is 0. The van der Waals surface area contributed by atoms with Gasteiger partial charge in [0.05, 0.1) is 0 Å². The van der Waals surface area contributed by atoms with E-state index in [4.69, 9.17) is 0 Å². The molecule has 1 aromatic rings. The van der Waals surface area contributed by atoms with E-state index in [1.165, 1.54) is 76.2 Å². The van der Waals surface area contributed by atoms with Crippen molar-refractivity contribution in [2.75, 3.05) is 0 Å². The standard InChI is InChI=1S/C24H35F/c1-2-3-4-19-5-7-20(8-6-19)9-10-21-11-13-22(14-12-21)23-15-17-24(25)18-16-23/h9-10,15-22H,2-8,11-14H2,1H3/t19-,20-,21-,22-. The maximum absolute atomic E-state index is 13.1. The molecular weight excluding hydrogens is 307 g/mol. The van der Waals surface area contributed by atoms with Crippen LogP contribution in [0.3, 0.4) is 0 Å². The first-order valence-electron chi connectivity index (χ1n) is 10.7. The maximum Gasteiger partial charge on any atom is 0.123 e. The highest BCUT2D eigenvalue weighted by molar-refractivity contribution is 5.21. The van der Waals surface area contributed by atoms with Crippen molar-refractivity contribution in [3.8, 4) is 0 Å². The van der Waals surface area contributed by atoms with Crippen molar-refractivity contribution >= 4 is 0 Å². The van der Waals surface area contributed by atoms with Gasteiger partial charge in [0.2, 0.25) is 0 Å². The summed E-state index contributed by atoms with van der Waals surface area (Å²) in [4.78, 5) is 0. The summed E-state index contributed by atoms with van der Waals surface area (Å²) in [6.45, 7) is 2.30. The average Bonchev–Trinajstić information content (AvgIpc) is 2.67. The monoisotopic (exact) mass is 342 g/mol. The van der Waals surface area contributed by atoms with Crippen LogP contribution in [0.15, 0.2) is 36.4 Å². The van der Waals surface area contributed by atoms with E-state index in [-0.39, 0.29) is 5.82 Å². The lowest BCUT2D eigenvalue weighted by molar-refractivity contribution is 0.289. The van der Waals surface area contributed by atoms with Gasteiger partial charge in [-0.3, -0.25) is 0 Å². The Bertz CT molecular complexity index is 514. The van der Waals surface area contributed by atoms with Gasteiger partial charge in [-0.05, 0) is 92.7 Å². The van der Waals surface area contributed by atoms with E-state index in [0.717, 1.165) is 17.8 Å². The topological polar surface area (TPSA) is 0 Å². The third-order valence-corrected chi connectivity index (χ3v) is 6.63. The van der Waals surface area contributed by atoms with Gasteiger partial charge >= 0.3 is 0 Å². The summed E-state index contributed by atoms with van der Waals surface area (Å²) in [6, 6.07) is 7.18. The molecule has 3 rings (SSSR count). The number of allylic oxidation sites excluding steroid dienone is 2. The molecule has 0 aliphatic heterocycles. The lowest BCUT2D eigenvalue weighted by atomic mass is 9.77. The van der Waals surface area contributed by atoms with Crippen LogP contribution in [0.25, 0.3) is 0 Å². The summed E-state index contributed by atoms with van der Waals surface area (Å²) in [5.74, 6) is 3.14. The fraction of sp³-hybridized carbons (Fsp3) is 0.667. The largest absolute Gasteiger partial charge is 0.207 e. The molecule has 2 aliphatic carbocycles. The van der Waals surface area contributed by atoms with Gasteiger partial charge < -0.3 is 0 Å². The zero-order chi connectivity index (χ0) is 17.5. The van der Waals surface area contributed by atoms with Crippen LogP contribution in [0, 0.1) is 23.6 Å². The summed E-state index contributed by atoms with van der Waals surface area (Å²) in [5.41, 5.74) is 1.33. The van der Waals surface area contributed by atoms with Gasteiger partial charge in [0.1, 0.15) is 5.82 Å². The van der Waals surface area contributed by atoms with E-state index in [0.29, 0.717) is 5.92 Å². The molecule has 1 aromatic carbocycles. The quantitative estimate of drug-likeness (QED) is 0.466. The Balaban J connectivity index is 1.39. The van der Waals surface area contributed by atoms with Crippen molar-refractivity contribution in [3.05, 3.63) is 47.8 Å². The molecule has 1 heteroatoms. The van der Waals surface area contributed by atoms with Gasteiger partial charge in [-0.2, -0.15) is 0 Å². The zero-order valence-corrected chi connectivity index (χ0v) is 15.9. The number of hydrogen-bond donors (Lipinski definition) is 0. The Morgan fingerprint density at radius 1 is 0.840 bits per heavy atom. The van der Waals surface area contributed by atoms with Crippen molar-refractivity contribution < 1.29 is 4.39 Å². The van der Waals surface area contributed by atoms with Crippen molar-refractivity contribution in [2.45, 2.75) is 83.5 Å². The SMILES string of the molecule is CCCC[C@H]1CC[C@H](C=C[C@H]2CC[C@H](c3ccc(F)cc3)CC2)CC1. The molecule has 2 fully saturated rings. The minimum atomic E-state index is -0.121. The number of hydrogen-bond acceptors (Lipinski definition) is 0. The van der Waals surface area contributed by atoms with E-state index in [1.807, 2.05) is 12.1 Å². The number of benzene rings is 1. The summed E-state index contributed by atoms with van der Waals surface area (Å²) in [7, 11) is 0. The number of unbranched alkanes of at least 4 members (excludes halogenated alkanes) is 1. The molecule has 0 saturated heterocycles. The maximum atomic E-state index is 13.1. The Labute approximate surface area is 153 Å². The second kappa shape index (κ2) is 9.55. The second-order valence-electron chi connectivity index (χ2n) is 8.47. The number of rotatable bonds is 6. The molecule has 0 N–H and O–H groups in total. The highest BCUT2D eigenvalue weighted by Gasteiger charge is 2.22. The fourth-order valence-corrected chi connectivity index (χ4v) is 4.86. The Morgan fingerprint density at radius 3 is 1.96 bits per heavy atom. The predicted octanol–water partition coefficient (Wildman–Crippen LogP) is 7.65. The van der Waals surface area contributed by atoms with Crippen LogP contribution >= 0.6 is 0 Å². The highest BCUT2D eigenvalue weighted by atomic mass is 19.1. The van der Waals surface area contributed by atoms with E-state index in [1.54, 1.807) is 12.1 Å². The molecular formula is C24H35F. The van der Waals surface area contributed by atoms with Crippen molar-refractivity contribution in [1.82, 2.24) is 0 Å².